The van der Waals surface area contributed by atoms with Crippen LogP contribution in [0.1, 0.15) is 48.9 Å². The Morgan fingerprint density at radius 2 is 2.06 bits per heavy atom. The Hall–Kier alpha value is -3.23. The van der Waals surface area contributed by atoms with Crippen LogP contribution < -0.4 is 16.0 Å². The van der Waals surface area contributed by atoms with Crippen LogP contribution in [0.3, 0.4) is 0 Å². The summed E-state index contributed by atoms with van der Waals surface area (Å²) in [4.78, 5) is 30.6. The first-order valence-electron chi connectivity index (χ1n) is 11.4. The molecule has 3 aromatic rings. The largest absolute Gasteiger partial charge is 0.494 e. The van der Waals surface area contributed by atoms with Gasteiger partial charge in [-0.2, -0.15) is 0 Å². The summed E-state index contributed by atoms with van der Waals surface area (Å²) in [6, 6.07) is 7.55. The molecule has 8 nitrogen and oxygen atoms in total. The summed E-state index contributed by atoms with van der Waals surface area (Å²) in [6.45, 7) is 5.16. The summed E-state index contributed by atoms with van der Waals surface area (Å²) < 4.78 is 12.6. The van der Waals surface area contributed by atoms with Crippen molar-refractivity contribution in [1.82, 2.24) is 9.55 Å². The smallest absolute Gasteiger partial charge is 0.343 e. The fourth-order valence-corrected chi connectivity index (χ4v) is 4.91. The maximum absolute atomic E-state index is 13.4. The molecule has 5 rings (SSSR count). The summed E-state index contributed by atoms with van der Waals surface area (Å²) in [5, 5.41) is 12.0. The fourth-order valence-electron chi connectivity index (χ4n) is 4.91. The minimum Gasteiger partial charge on any atom is -0.494 e. The van der Waals surface area contributed by atoms with E-state index in [1.54, 1.807) is 17.6 Å². The van der Waals surface area contributed by atoms with Crippen LogP contribution in [0, 0.1) is 0 Å². The van der Waals surface area contributed by atoms with Crippen molar-refractivity contribution in [2.24, 2.45) is 5.73 Å². The molecule has 0 spiro atoms. The second kappa shape index (κ2) is 7.97. The van der Waals surface area contributed by atoms with Gasteiger partial charge in [0.1, 0.15) is 12.4 Å². The third-order valence-corrected chi connectivity index (χ3v) is 6.75. The highest BCUT2D eigenvalue weighted by Gasteiger charge is 2.45. The molecule has 0 amide bonds. The lowest BCUT2D eigenvalue weighted by Crippen LogP contribution is -2.44. The maximum Gasteiger partial charge on any atom is 0.343 e. The van der Waals surface area contributed by atoms with Gasteiger partial charge >= 0.3 is 5.97 Å². The first-order valence-corrected chi connectivity index (χ1v) is 11.4. The van der Waals surface area contributed by atoms with Gasteiger partial charge in [-0.25, -0.2) is 9.78 Å². The molecule has 4 heterocycles. The number of aryl methyl sites for hydroxylation is 1. The highest BCUT2D eigenvalue weighted by molar-refractivity contribution is 5.90. The highest BCUT2D eigenvalue weighted by atomic mass is 16.6. The van der Waals surface area contributed by atoms with Crippen LogP contribution in [0.15, 0.2) is 29.1 Å². The van der Waals surface area contributed by atoms with Crippen molar-refractivity contribution in [2.75, 3.05) is 13.2 Å². The van der Waals surface area contributed by atoms with Gasteiger partial charge in [0.2, 0.25) is 0 Å². The van der Waals surface area contributed by atoms with Gasteiger partial charge in [0.15, 0.2) is 5.60 Å². The Kier molecular flexibility index (Phi) is 5.22. The lowest BCUT2D eigenvalue weighted by Gasteiger charge is -2.31. The van der Waals surface area contributed by atoms with Crippen molar-refractivity contribution < 1.29 is 19.4 Å². The van der Waals surface area contributed by atoms with E-state index in [1.807, 2.05) is 18.2 Å². The van der Waals surface area contributed by atoms with Crippen LogP contribution in [0.4, 0.5) is 0 Å². The van der Waals surface area contributed by atoms with Gasteiger partial charge in [0, 0.05) is 16.5 Å². The Bertz CT molecular complexity index is 1350. The molecule has 0 fully saturated rings. The number of pyridine rings is 2. The zero-order valence-electron chi connectivity index (χ0n) is 18.8. The quantitative estimate of drug-likeness (QED) is 0.343. The summed E-state index contributed by atoms with van der Waals surface area (Å²) in [5.74, 6) is 0.0437. The third-order valence-electron chi connectivity index (χ3n) is 6.75. The molecule has 0 saturated heterocycles. The summed E-state index contributed by atoms with van der Waals surface area (Å²) in [5.41, 5.74) is 8.37. The topological polar surface area (TPSA) is 117 Å². The molecule has 0 unspecified atom stereocenters. The van der Waals surface area contributed by atoms with Crippen LogP contribution in [-0.4, -0.2) is 33.8 Å². The van der Waals surface area contributed by atoms with Crippen molar-refractivity contribution in [2.45, 2.75) is 51.9 Å². The summed E-state index contributed by atoms with van der Waals surface area (Å²) in [7, 11) is 0. The number of ether oxygens (including phenoxy) is 2. The molecule has 0 saturated carbocycles. The van der Waals surface area contributed by atoms with Crippen LogP contribution in [0.5, 0.6) is 5.75 Å². The van der Waals surface area contributed by atoms with Gasteiger partial charge in [-0.15, -0.1) is 0 Å². The molecule has 1 aromatic carbocycles. The number of carbonyl (C=O) groups is 1. The normalized spacial score (nSPS) is 18.6. The maximum atomic E-state index is 13.4. The number of nitrogens with two attached hydrogens (primary N) is 1. The van der Waals surface area contributed by atoms with Gasteiger partial charge < -0.3 is 24.9 Å². The number of cyclic esters (lactones) is 1. The fraction of sp³-hybridized carbons (Fsp3) is 0.400. The van der Waals surface area contributed by atoms with E-state index in [2.05, 4.69) is 6.92 Å². The standard InChI is InChI=1S/C25H27N3O5/c1-3-15-16-10-14(32-9-5-8-26)6-7-20(16)27-22-17(15)12-28-21(22)11-19-18(23(28)29)13-33-24(30)25(19,31)4-2/h6-7,10-11,31H,3-5,8-9,12-13,26H2,1-2H3/t25-/m0/s1. The Labute approximate surface area is 191 Å². The first-order chi connectivity index (χ1) is 15.9. The van der Waals surface area contributed by atoms with Crippen molar-refractivity contribution in [1.29, 1.82) is 0 Å². The van der Waals surface area contributed by atoms with E-state index in [0.29, 0.717) is 42.2 Å². The molecule has 33 heavy (non-hydrogen) atoms. The number of carbonyl (C=O) groups excluding carboxylic acids is 1. The van der Waals surface area contributed by atoms with Crippen molar-refractivity contribution in [3.63, 3.8) is 0 Å². The molecule has 1 atom stereocenters. The van der Waals surface area contributed by atoms with Gasteiger partial charge in [-0.05, 0) is 55.6 Å². The Balaban J connectivity index is 1.69. The summed E-state index contributed by atoms with van der Waals surface area (Å²) in [6.07, 6.45) is 1.66. The lowest BCUT2D eigenvalue weighted by atomic mass is 9.86. The van der Waals surface area contributed by atoms with E-state index in [-0.39, 0.29) is 18.6 Å². The zero-order valence-corrected chi connectivity index (χ0v) is 18.8. The van der Waals surface area contributed by atoms with E-state index < -0.39 is 11.6 Å². The molecule has 8 heteroatoms. The average Bonchev–Trinajstić information content (AvgIpc) is 3.19. The molecule has 3 N–H and O–H groups in total. The molecule has 2 aliphatic heterocycles. The van der Waals surface area contributed by atoms with Crippen molar-refractivity contribution in [3.05, 3.63) is 56.9 Å². The monoisotopic (exact) mass is 449 g/mol. The van der Waals surface area contributed by atoms with Crippen LogP contribution in [-0.2, 0) is 34.7 Å². The van der Waals surface area contributed by atoms with Crippen LogP contribution in [0.2, 0.25) is 0 Å². The number of hydrogen-bond acceptors (Lipinski definition) is 7. The highest BCUT2D eigenvalue weighted by Crippen LogP contribution is 2.40. The number of rotatable bonds is 6. The molecule has 0 bridgehead atoms. The molecule has 0 aliphatic carbocycles. The molecule has 2 aromatic heterocycles. The second-order valence-corrected chi connectivity index (χ2v) is 8.54. The van der Waals surface area contributed by atoms with Crippen molar-refractivity contribution >= 4 is 16.9 Å². The number of aliphatic hydroxyl groups is 1. The van der Waals surface area contributed by atoms with Gasteiger partial charge in [-0.1, -0.05) is 13.8 Å². The predicted octanol–water partition coefficient (Wildman–Crippen LogP) is 2.37. The Morgan fingerprint density at radius 1 is 1.24 bits per heavy atom. The molecular weight excluding hydrogens is 422 g/mol. The number of hydrogen-bond donors (Lipinski definition) is 2. The lowest BCUT2D eigenvalue weighted by molar-refractivity contribution is -0.172. The number of nitrogens with zero attached hydrogens (tertiary/aromatic N) is 2. The zero-order chi connectivity index (χ0) is 23.3. The van der Waals surface area contributed by atoms with E-state index in [4.69, 9.17) is 20.2 Å². The van der Waals surface area contributed by atoms with E-state index >= 15 is 0 Å². The van der Waals surface area contributed by atoms with E-state index in [1.165, 1.54) is 0 Å². The second-order valence-electron chi connectivity index (χ2n) is 8.54. The number of esters is 1. The average molecular weight is 450 g/mol. The Morgan fingerprint density at radius 3 is 2.79 bits per heavy atom. The van der Waals surface area contributed by atoms with E-state index in [0.717, 1.165) is 40.6 Å². The van der Waals surface area contributed by atoms with Crippen LogP contribution in [0.25, 0.3) is 22.3 Å². The minimum atomic E-state index is -1.83. The van der Waals surface area contributed by atoms with Crippen LogP contribution >= 0.6 is 0 Å². The van der Waals surface area contributed by atoms with E-state index in [9.17, 15) is 14.7 Å². The molecule has 2 aliphatic rings. The number of fused-ring (bicyclic) bond motifs is 5. The van der Waals surface area contributed by atoms with Gasteiger partial charge in [0.25, 0.3) is 5.56 Å². The molecule has 0 radical (unpaired) electrons. The van der Waals surface area contributed by atoms with Gasteiger partial charge in [0.05, 0.1) is 35.6 Å². The SMILES string of the molecule is CCc1c2c(nc3ccc(OCCCN)cc13)-c1cc3c(c(=O)n1C2)COC(=O)[C@]3(O)CC. The van der Waals surface area contributed by atoms with Gasteiger partial charge in [-0.3, -0.25) is 4.79 Å². The molecular formula is C25H27N3O5. The molecule has 172 valence electrons. The third kappa shape index (κ3) is 3.16. The summed E-state index contributed by atoms with van der Waals surface area (Å²) >= 11 is 0. The number of aromatic nitrogens is 2. The minimum absolute atomic E-state index is 0.118. The van der Waals surface area contributed by atoms with Crippen molar-refractivity contribution in [3.8, 4) is 17.1 Å². The number of benzene rings is 1. The predicted molar refractivity (Wildman–Crippen MR) is 123 cm³/mol. The first kappa shape index (κ1) is 21.6.